The first-order chi connectivity index (χ1) is 13.5. The average Bonchev–Trinajstić information content (AvgIpc) is 3.17. The number of phenols is 1. The van der Waals surface area contributed by atoms with E-state index in [1.165, 1.54) is 19.2 Å². The maximum Gasteiger partial charge on any atom is 0.338 e. The third-order valence-corrected chi connectivity index (χ3v) is 4.45. The molecule has 1 N–H and O–H groups in total. The topological polar surface area (TPSA) is 68.5 Å². The predicted molar refractivity (Wildman–Crippen MR) is 108 cm³/mol. The summed E-state index contributed by atoms with van der Waals surface area (Å²) in [5.74, 6) is -0.495. The van der Waals surface area contributed by atoms with Gasteiger partial charge >= 0.3 is 5.97 Å². The summed E-state index contributed by atoms with van der Waals surface area (Å²) in [6.45, 7) is 0.440. The molecule has 0 atom stereocenters. The van der Waals surface area contributed by atoms with Crippen molar-refractivity contribution in [3.63, 3.8) is 0 Å². The van der Waals surface area contributed by atoms with Crippen LogP contribution in [0.15, 0.2) is 66.9 Å². The molecule has 2 aromatic carbocycles. The van der Waals surface area contributed by atoms with E-state index < -0.39 is 5.97 Å². The Labute approximate surface area is 167 Å². The molecular weight excluding hydrogens is 378 g/mol. The van der Waals surface area contributed by atoms with Gasteiger partial charge in [-0.1, -0.05) is 29.8 Å². The Morgan fingerprint density at radius 3 is 2.61 bits per heavy atom. The van der Waals surface area contributed by atoms with Crippen LogP contribution >= 0.6 is 11.6 Å². The number of allylic oxidation sites excluding steroid dienone is 1. The van der Waals surface area contributed by atoms with Crippen molar-refractivity contribution in [2.75, 3.05) is 7.11 Å². The zero-order valence-electron chi connectivity index (χ0n) is 15.1. The Balaban J connectivity index is 1.80. The molecule has 0 radical (unpaired) electrons. The first-order valence-electron chi connectivity index (χ1n) is 8.53. The Kier molecular flexibility index (Phi) is 5.96. The minimum Gasteiger partial charge on any atom is -0.508 e. The number of rotatable bonds is 6. The zero-order valence-corrected chi connectivity index (χ0v) is 15.9. The fourth-order valence-corrected chi connectivity index (χ4v) is 2.97. The van der Waals surface area contributed by atoms with E-state index in [-0.39, 0.29) is 11.5 Å². The maximum atomic E-state index is 12.7. The summed E-state index contributed by atoms with van der Waals surface area (Å²) < 4.78 is 6.60. The molecule has 28 heavy (non-hydrogen) atoms. The number of aromatic nitrogens is 1. The minimum absolute atomic E-state index is 0.110. The van der Waals surface area contributed by atoms with Crippen molar-refractivity contribution in [3.05, 3.63) is 94.3 Å². The number of carbonyl (C=O) groups excluding carboxylic acids is 2. The molecule has 0 fully saturated rings. The molecule has 0 saturated heterocycles. The number of ketones is 1. The lowest BCUT2D eigenvalue weighted by molar-refractivity contribution is 0.0600. The second kappa shape index (κ2) is 8.59. The van der Waals surface area contributed by atoms with Crippen LogP contribution in [-0.4, -0.2) is 28.5 Å². The lowest BCUT2D eigenvalue weighted by Crippen LogP contribution is -2.09. The van der Waals surface area contributed by atoms with Crippen LogP contribution in [0.2, 0.25) is 5.02 Å². The summed E-state index contributed by atoms with van der Waals surface area (Å²) >= 11 is 5.97. The van der Waals surface area contributed by atoms with Crippen LogP contribution in [0.3, 0.4) is 0 Å². The molecular formula is C22H18ClNO4. The molecule has 0 aliphatic carbocycles. The molecule has 0 aliphatic heterocycles. The number of hydrogen-bond donors (Lipinski definition) is 1. The number of phenolic OH excluding ortho intramolecular Hbond substituents is 1. The van der Waals surface area contributed by atoms with Gasteiger partial charge < -0.3 is 14.4 Å². The van der Waals surface area contributed by atoms with E-state index in [0.29, 0.717) is 34.0 Å². The van der Waals surface area contributed by atoms with E-state index in [4.69, 9.17) is 16.3 Å². The van der Waals surface area contributed by atoms with Crippen LogP contribution in [0.25, 0.3) is 6.08 Å². The van der Waals surface area contributed by atoms with E-state index in [1.54, 1.807) is 59.3 Å². The number of carbonyl (C=O) groups is 2. The van der Waals surface area contributed by atoms with E-state index in [9.17, 15) is 14.7 Å². The molecule has 0 bridgehead atoms. The molecule has 0 aliphatic rings. The molecule has 0 saturated carbocycles. The Bertz CT molecular complexity index is 1030. The van der Waals surface area contributed by atoms with Crippen LogP contribution in [0.4, 0.5) is 0 Å². The molecule has 3 rings (SSSR count). The molecule has 0 spiro atoms. The van der Waals surface area contributed by atoms with Crippen molar-refractivity contribution in [3.8, 4) is 5.75 Å². The number of ether oxygens (including phenoxy) is 1. The van der Waals surface area contributed by atoms with Gasteiger partial charge in [-0.05, 0) is 54.1 Å². The normalized spacial score (nSPS) is 10.9. The van der Waals surface area contributed by atoms with Crippen LogP contribution in [-0.2, 0) is 11.3 Å². The number of hydrogen-bond acceptors (Lipinski definition) is 4. The van der Waals surface area contributed by atoms with Crippen molar-refractivity contribution < 1.29 is 19.4 Å². The molecule has 5 nitrogen and oxygen atoms in total. The summed E-state index contributed by atoms with van der Waals surface area (Å²) in [6.07, 6.45) is 5.45. The number of esters is 1. The van der Waals surface area contributed by atoms with Gasteiger partial charge in [-0.3, -0.25) is 4.79 Å². The first-order valence-corrected chi connectivity index (χ1v) is 8.90. The second-order valence-electron chi connectivity index (χ2n) is 6.05. The first kappa shape index (κ1) is 19.5. The van der Waals surface area contributed by atoms with E-state index in [2.05, 4.69) is 0 Å². The van der Waals surface area contributed by atoms with Gasteiger partial charge in [-0.15, -0.1) is 0 Å². The molecule has 0 amide bonds. The van der Waals surface area contributed by atoms with E-state index >= 15 is 0 Å². The molecule has 1 heterocycles. The van der Waals surface area contributed by atoms with Gasteiger partial charge in [0, 0.05) is 23.3 Å². The predicted octanol–water partition coefficient (Wildman–Crippen LogP) is 4.58. The lowest BCUT2D eigenvalue weighted by Gasteiger charge is -2.07. The van der Waals surface area contributed by atoms with Crippen LogP contribution in [0.5, 0.6) is 5.75 Å². The number of halogens is 1. The Morgan fingerprint density at radius 1 is 1.14 bits per heavy atom. The van der Waals surface area contributed by atoms with Crippen LogP contribution < -0.4 is 0 Å². The monoisotopic (exact) mass is 395 g/mol. The molecule has 142 valence electrons. The average molecular weight is 396 g/mol. The van der Waals surface area contributed by atoms with Gasteiger partial charge in [-0.25, -0.2) is 4.79 Å². The highest BCUT2D eigenvalue weighted by atomic mass is 35.5. The van der Waals surface area contributed by atoms with Gasteiger partial charge in [0.1, 0.15) is 5.75 Å². The van der Waals surface area contributed by atoms with Crippen molar-refractivity contribution in [2.45, 2.75) is 6.54 Å². The van der Waals surface area contributed by atoms with Crippen molar-refractivity contribution in [2.24, 2.45) is 0 Å². The summed E-state index contributed by atoms with van der Waals surface area (Å²) in [5.41, 5.74) is 2.07. The third kappa shape index (κ3) is 4.32. The molecule has 1 aromatic heterocycles. The van der Waals surface area contributed by atoms with Crippen LogP contribution in [0.1, 0.15) is 32.0 Å². The van der Waals surface area contributed by atoms with Crippen LogP contribution in [0, 0.1) is 0 Å². The summed E-state index contributed by atoms with van der Waals surface area (Å²) in [7, 11) is 1.32. The highest BCUT2D eigenvalue weighted by Gasteiger charge is 2.13. The van der Waals surface area contributed by atoms with E-state index in [0.717, 1.165) is 0 Å². The lowest BCUT2D eigenvalue weighted by atomic mass is 10.1. The minimum atomic E-state index is -0.466. The van der Waals surface area contributed by atoms with Gasteiger partial charge in [0.05, 0.1) is 18.4 Å². The highest BCUT2D eigenvalue weighted by Crippen LogP contribution is 2.19. The van der Waals surface area contributed by atoms with Gasteiger partial charge in [-0.2, -0.15) is 0 Å². The van der Waals surface area contributed by atoms with Gasteiger partial charge in [0.15, 0.2) is 0 Å². The summed E-state index contributed by atoms with van der Waals surface area (Å²) in [4.78, 5) is 24.6. The molecule has 6 heteroatoms. The molecule has 3 aromatic rings. The van der Waals surface area contributed by atoms with Gasteiger partial charge in [0.25, 0.3) is 0 Å². The van der Waals surface area contributed by atoms with Crippen molar-refractivity contribution >= 4 is 29.4 Å². The maximum absolute atomic E-state index is 12.7. The fourth-order valence-electron chi connectivity index (χ4n) is 2.79. The Morgan fingerprint density at radius 2 is 1.89 bits per heavy atom. The summed E-state index contributed by atoms with van der Waals surface area (Å²) in [6, 6.07) is 14.7. The standard InChI is InChI=1S/C22H18ClNO4/c1-28-22(27)19-14-17(23)9-6-15(19)4-2-12-24-13-3-5-20(24)21(26)16-7-10-18(25)11-8-16/h2-11,13-14,25H,12H2,1H3/b4-2+. The van der Waals surface area contributed by atoms with Gasteiger partial charge in [0.2, 0.25) is 5.78 Å². The smallest absolute Gasteiger partial charge is 0.338 e. The number of methoxy groups -OCH3 is 1. The second-order valence-corrected chi connectivity index (χ2v) is 6.48. The number of nitrogens with zero attached hydrogens (tertiary/aromatic N) is 1. The Hall–Kier alpha value is -3.31. The largest absolute Gasteiger partial charge is 0.508 e. The molecule has 0 unspecified atom stereocenters. The zero-order chi connectivity index (χ0) is 20.1. The van der Waals surface area contributed by atoms with E-state index in [1.807, 2.05) is 6.08 Å². The fraction of sp³-hybridized carbons (Fsp3) is 0.0909. The van der Waals surface area contributed by atoms with Crippen molar-refractivity contribution in [1.29, 1.82) is 0 Å². The number of aromatic hydroxyl groups is 1. The quantitative estimate of drug-likeness (QED) is 0.490. The summed E-state index contributed by atoms with van der Waals surface area (Å²) in [5, 5.41) is 9.83. The third-order valence-electron chi connectivity index (χ3n) is 4.21. The highest BCUT2D eigenvalue weighted by molar-refractivity contribution is 6.31. The SMILES string of the molecule is COC(=O)c1cc(Cl)ccc1/C=C/Cn1cccc1C(=O)c1ccc(O)cc1. The number of benzene rings is 2. The van der Waals surface area contributed by atoms with Crippen molar-refractivity contribution in [1.82, 2.24) is 4.57 Å².